The first-order chi connectivity index (χ1) is 13.1. The smallest absolute Gasteiger partial charge is 0.199 e. The molecule has 27 heavy (non-hydrogen) atoms. The van der Waals surface area contributed by atoms with Crippen LogP contribution in [0.4, 0.5) is 0 Å². The lowest BCUT2D eigenvalue weighted by Gasteiger charge is -2.36. The maximum atomic E-state index is 5.72. The molecule has 0 amide bonds. The predicted molar refractivity (Wildman–Crippen MR) is 110 cm³/mol. The summed E-state index contributed by atoms with van der Waals surface area (Å²) in [5.41, 5.74) is 1.06. The van der Waals surface area contributed by atoms with Gasteiger partial charge in [-0.15, -0.1) is 0 Å². The van der Waals surface area contributed by atoms with E-state index in [-0.39, 0.29) is 0 Å². The van der Waals surface area contributed by atoms with Crippen LogP contribution in [-0.4, -0.2) is 38.4 Å². The SMILES string of the molecule is COc1ccc(-c2nn(CN(C3CCC(C)CC3)C3CC3)c(=S)n2C)cc1. The summed E-state index contributed by atoms with van der Waals surface area (Å²) in [6, 6.07) is 9.43. The fourth-order valence-electron chi connectivity index (χ4n) is 4.24. The van der Waals surface area contributed by atoms with Crippen LogP contribution in [0.2, 0.25) is 0 Å². The van der Waals surface area contributed by atoms with Gasteiger partial charge in [-0.1, -0.05) is 6.92 Å². The van der Waals surface area contributed by atoms with Crippen LogP contribution in [0, 0.1) is 10.7 Å². The Balaban J connectivity index is 1.57. The highest BCUT2D eigenvalue weighted by Crippen LogP contribution is 2.35. The molecule has 0 aliphatic heterocycles. The van der Waals surface area contributed by atoms with Crippen LogP contribution < -0.4 is 4.74 Å². The van der Waals surface area contributed by atoms with Crippen LogP contribution in [0.5, 0.6) is 5.75 Å². The minimum Gasteiger partial charge on any atom is -0.497 e. The van der Waals surface area contributed by atoms with E-state index in [4.69, 9.17) is 22.1 Å². The van der Waals surface area contributed by atoms with Crippen LogP contribution in [0.1, 0.15) is 45.4 Å². The summed E-state index contributed by atoms with van der Waals surface area (Å²) in [5, 5.41) is 4.89. The van der Waals surface area contributed by atoms with Gasteiger partial charge in [0.1, 0.15) is 5.75 Å². The maximum Gasteiger partial charge on any atom is 0.199 e. The van der Waals surface area contributed by atoms with Crippen molar-refractivity contribution in [3.63, 3.8) is 0 Å². The van der Waals surface area contributed by atoms with Crippen molar-refractivity contribution in [3.05, 3.63) is 29.0 Å². The van der Waals surface area contributed by atoms with E-state index in [1.54, 1.807) is 7.11 Å². The normalized spacial score (nSPS) is 23.0. The molecule has 2 aromatic rings. The fourth-order valence-corrected chi connectivity index (χ4v) is 4.42. The number of rotatable bonds is 6. The average Bonchev–Trinajstić information content (AvgIpc) is 3.49. The Hall–Kier alpha value is -1.66. The molecule has 146 valence electrons. The van der Waals surface area contributed by atoms with Gasteiger partial charge in [0, 0.05) is 24.7 Å². The molecule has 2 fully saturated rings. The standard InChI is InChI=1S/C21H30N4OS/c1-15-4-8-17(9-5-15)24(18-10-11-18)14-25-21(27)23(2)20(22-25)16-6-12-19(26-3)13-7-16/h6-7,12-13,15,17-18H,4-5,8-11,14H2,1-3H3. The van der Waals surface area contributed by atoms with Crippen LogP contribution in [0.3, 0.4) is 0 Å². The van der Waals surface area contributed by atoms with Crippen molar-refractivity contribution in [2.75, 3.05) is 7.11 Å². The molecule has 4 rings (SSSR count). The Bertz CT molecular complexity index is 829. The Morgan fingerprint density at radius 1 is 1.07 bits per heavy atom. The Morgan fingerprint density at radius 3 is 2.22 bits per heavy atom. The van der Waals surface area contributed by atoms with Gasteiger partial charge in [0.2, 0.25) is 0 Å². The molecule has 2 aliphatic rings. The van der Waals surface area contributed by atoms with E-state index in [9.17, 15) is 0 Å². The van der Waals surface area contributed by atoms with Crippen molar-refractivity contribution >= 4 is 12.2 Å². The summed E-state index contributed by atoms with van der Waals surface area (Å²) in [7, 11) is 3.69. The first-order valence-electron chi connectivity index (χ1n) is 10.1. The lowest BCUT2D eigenvalue weighted by atomic mass is 9.86. The average molecular weight is 387 g/mol. The first-order valence-corrected chi connectivity index (χ1v) is 10.5. The van der Waals surface area contributed by atoms with E-state index in [2.05, 4.69) is 11.8 Å². The van der Waals surface area contributed by atoms with Crippen molar-refractivity contribution in [1.82, 2.24) is 19.2 Å². The quantitative estimate of drug-likeness (QED) is 0.678. The van der Waals surface area contributed by atoms with Gasteiger partial charge in [-0.25, -0.2) is 4.68 Å². The molecule has 2 aliphatic carbocycles. The molecular formula is C21H30N4OS. The zero-order valence-corrected chi connectivity index (χ0v) is 17.4. The molecule has 5 nitrogen and oxygen atoms in total. The highest BCUT2D eigenvalue weighted by Gasteiger charge is 2.35. The van der Waals surface area contributed by atoms with E-state index in [0.29, 0.717) is 6.04 Å². The van der Waals surface area contributed by atoms with Gasteiger partial charge >= 0.3 is 0 Å². The minimum absolute atomic E-state index is 0.682. The van der Waals surface area contributed by atoms with Gasteiger partial charge in [-0.3, -0.25) is 4.90 Å². The highest BCUT2D eigenvalue weighted by atomic mass is 32.1. The second-order valence-corrected chi connectivity index (χ2v) is 8.56. The molecule has 0 saturated heterocycles. The zero-order valence-electron chi connectivity index (χ0n) is 16.6. The van der Waals surface area contributed by atoms with Gasteiger partial charge in [-0.05, 0) is 80.9 Å². The summed E-state index contributed by atoms with van der Waals surface area (Å²) in [4.78, 5) is 2.67. The van der Waals surface area contributed by atoms with Gasteiger partial charge in [0.05, 0.1) is 13.8 Å². The number of benzene rings is 1. The van der Waals surface area contributed by atoms with Crippen molar-refractivity contribution in [1.29, 1.82) is 0 Å². The zero-order chi connectivity index (χ0) is 19.0. The molecule has 0 spiro atoms. The summed E-state index contributed by atoms with van der Waals surface area (Å²) >= 11 is 5.72. The van der Waals surface area contributed by atoms with Gasteiger partial charge in [-0.2, -0.15) is 5.10 Å². The molecule has 1 aromatic heterocycles. The summed E-state index contributed by atoms with van der Waals surface area (Å²) in [6.45, 7) is 3.19. The number of hydrogen-bond acceptors (Lipinski definition) is 4. The van der Waals surface area contributed by atoms with E-state index < -0.39 is 0 Å². The molecule has 0 bridgehead atoms. The van der Waals surface area contributed by atoms with Crippen molar-refractivity contribution in [3.8, 4) is 17.1 Å². The van der Waals surface area contributed by atoms with E-state index in [1.165, 1.54) is 38.5 Å². The minimum atomic E-state index is 0.682. The third-order valence-corrected chi connectivity index (χ3v) is 6.64. The Morgan fingerprint density at radius 2 is 1.67 bits per heavy atom. The second-order valence-electron chi connectivity index (χ2n) is 8.19. The van der Waals surface area contributed by atoms with Crippen molar-refractivity contribution in [2.24, 2.45) is 13.0 Å². The summed E-state index contributed by atoms with van der Waals surface area (Å²) < 4.78 is 10.1. The predicted octanol–water partition coefficient (Wildman–Crippen LogP) is 4.63. The van der Waals surface area contributed by atoms with Crippen LogP contribution in [-0.2, 0) is 13.7 Å². The van der Waals surface area contributed by atoms with Crippen LogP contribution >= 0.6 is 12.2 Å². The van der Waals surface area contributed by atoms with Crippen molar-refractivity contribution < 1.29 is 4.74 Å². The lowest BCUT2D eigenvalue weighted by molar-refractivity contribution is 0.0921. The van der Waals surface area contributed by atoms with Gasteiger partial charge in [0.25, 0.3) is 0 Å². The third-order valence-electron chi connectivity index (χ3n) is 6.16. The largest absolute Gasteiger partial charge is 0.497 e. The van der Waals surface area contributed by atoms with E-state index in [0.717, 1.165) is 40.5 Å². The molecule has 1 heterocycles. The van der Waals surface area contributed by atoms with Crippen LogP contribution in [0.25, 0.3) is 11.4 Å². The maximum absolute atomic E-state index is 5.72. The summed E-state index contributed by atoms with van der Waals surface area (Å²) in [6.07, 6.45) is 7.94. The molecule has 0 N–H and O–H groups in total. The van der Waals surface area contributed by atoms with E-state index in [1.807, 2.05) is 40.6 Å². The molecule has 0 radical (unpaired) electrons. The molecule has 0 unspecified atom stereocenters. The summed E-state index contributed by atoms with van der Waals surface area (Å²) in [5.74, 6) is 2.64. The highest BCUT2D eigenvalue weighted by molar-refractivity contribution is 7.71. The van der Waals surface area contributed by atoms with E-state index >= 15 is 0 Å². The number of nitrogens with zero attached hydrogens (tertiary/aromatic N) is 4. The molecule has 1 aromatic carbocycles. The molecule has 2 saturated carbocycles. The lowest BCUT2D eigenvalue weighted by Crippen LogP contribution is -2.41. The fraction of sp³-hybridized carbons (Fsp3) is 0.619. The Labute approximate surface area is 166 Å². The van der Waals surface area contributed by atoms with Crippen LogP contribution in [0.15, 0.2) is 24.3 Å². The third kappa shape index (κ3) is 3.97. The van der Waals surface area contributed by atoms with Crippen molar-refractivity contribution in [2.45, 2.75) is 64.2 Å². The second kappa shape index (κ2) is 7.76. The van der Waals surface area contributed by atoms with Gasteiger partial charge < -0.3 is 9.30 Å². The first kappa shape index (κ1) is 18.7. The number of methoxy groups -OCH3 is 1. The number of aromatic nitrogens is 3. The number of ether oxygens (including phenoxy) is 1. The molecular weight excluding hydrogens is 356 g/mol. The molecule has 6 heteroatoms. The molecule has 0 atom stereocenters. The number of hydrogen-bond donors (Lipinski definition) is 0. The Kier molecular flexibility index (Phi) is 5.37. The monoisotopic (exact) mass is 386 g/mol. The van der Waals surface area contributed by atoms with Gasteiger partial charge in [0.15, 0.2) is 10.6 Å². The topological polar surface area (TPSA) is 35.2 Å².